The van der Waals surface area contributed by atoms with Gasteiger partial charge in [0, 0.05) is 18.0 Å². The van der Waals surface area contributed by atoms with E-state index in [4.69, 9.17) is 0 Å². The van der Waals surface area contributed by atoms with Crippen LogP contribution in [0.2, 0.25) is 0 Å². The predicted molar refractivity (Wildman–Crippen MR) is 89.2 cm³/mol. The number of rotatable bonds is 3. The number of carbonyl (C=O) groups excluding carboxylic acids is 1. The molecule has 3 fully saturated rings. The number of fused-ring (bicyclic) bond motifs is 4. The van der Waals surface area contributed by atoms with Gasteiger partial charge >= 0.3 is 0 Å². The molecule has 1 aromatic carbocycles. The van der Waals surface area contributed by atoms with Gasteiger partial charge in [-0.1, -0.05) is 6.07 Å². The highest BCUT2D eigenvalue weighted by atomic mass is 32.1. The van der Waals surface area contributed by atoms with Gasteiger partial charge in [0.1, 0.15) is 0 Å². The van der Waals surface area contributed by atoms with Crippen molar-refractivity contribution in [1.29, 1.82) is 0 Å². The van der Waals surface area contributed by atoms with Crippen molar-refractivity contribution in [3.63, 3.8) is 0 Å². The van der Waals surface area contributed by atoms with Crippen LogP contribution in [0.5, 0.6) is 0 Å². The minimum atomic E-state index is 0.152. The summed E-state index contributed by atoms with van der Waals surface area (Å²) < 4.78 is 5.56. The Labute approximate surface area is 134 Å². The zero-order chi connectivity index (χ0) is 15.1. The van der Waals surface area contributed by atoms with Gasteiger partial charge in [0.15, 0.2) is 0 Å². The Morgan fingerprint density at radius 3 is 2.95 bits per heavy atom. The molecule has 2 bridgehead atoms. The Bertz CT molecular complexity index is 703. The first-order valence-electron chi connectivity index (χ1n) is 8.06. The van der Waals surface area contributed by atoms with E-state index in [2.05, 4.69) is 32.8 Å². The summed E-state index contributed by atoms with van der Waals surface area (Å²) in [5, 5.41) is 4.44. The average Bonchev–Trinajstić information content (AvgIpc) is 2.89. The number of nitrogens with zero attached hydrogens (tertiary/aromatic N) is 2. The van der Waals surface area contributed by atoms with Crippen molar-refractivity contribution in [2.45, 2.75) is 32.2 Å². The van der Waals surface area contributed by atoms with Crippen LogP contribution in [0.25, 0.3) is 10.1 Å². The topological polar surface area (TPSA) is 45.2 Å². The van der Waals surface area contributed by atoms with Crippen molar-refractivity contribution in [2.75, 3.05) is 19.6 Å². The van der Waals surface area contributed by atoms with Gasteiger partial charge in [-0.25, -0.2) is 0 Å². The van der Waals surface area contributed by atoms with Crippen LogP contribution in [-0.4, -0.2) is 40.9 Å². The first kappa shape index (κ1) is 14.2. The Kier molecular flexibility index (Phi) is 3.62. The molecule has 5 heteroatoms. The molecule has 2 aromatic rings. The second-order valence-electron chi connectivity index (χ2n) is 6.59. The van der Waals surface area contributed by atoms with E-state index < -0.39 is 0 Å². The second-order valence-corrected chi connectivity index (χ2v) is 7.39. The molecule has 0 unspecified atom stereocenters. The Morgan fingerprint density at radius 2 is 2.23 bits per heavy atom. The van der Waals surface area contributed by atoms with E-state index in [0.717, 1.165) is 17.8 Å². The van der Waals surface area contributed by atoms with Crippen LogP contribution < -0.4 is 5.32 Å². The van der Waals surface area contributed by atoms with Crippen LogP contribution in [0.15, 0.2) is 18.2 Å². The third-order valence-electron chi connectivity index (χ3n) is 5.08. The Morgan fingerprint density at radius 1 is 1.41 bits per heavy atom. The molecule has 0 saturated carbocycles. The minimum absolute atomic E-state index is 0.152. The molecule has 4 nitrogen and oxygen atoms in total. The predicted octanol–water partition coefficient (Wildman–Crippen LogP) is 2.36. The summed E-state index contributed by atoms with van der Waals surface area (Å²) in [6.07, 6.45) is 2.93. The van der Waals surface area contributed by atoms with Crippen LogP contribution in [-0.2, 0) is 11.2 Å². The summed E-state index contributed by atoms with van der Waals surface area (Å²) in [7, 11) is 0. The van der Waals surface area contributed by atoms with Crippen LogP contribution in [0.3, 0.4) is 0 Å². The smallest absolute Gasteiger partial charge is 0.224 e. The molecule has 0 spiro atoms. The van der Waals surface area contributed by atoms with E-state index in [9.17, 15) is 4.79 Å². The van der Waals surface area contributed by atoms with Crippen LogP contribution >= 0.6 is 11.5 Å². The van der Waals surface area contributed by atoms with Gasteiger partial charge in [-0.3, -0.25) is 4.79 Å². The van der Waals surface area contributed by atoms with Gasteiger partial charge in [0.25, 0.3) is 0 Å². The SMILES string of the molecule is Cc1nsc2ccc(CC(=O)N[C@H]3CN4CCC3CC4)cc12. The summed E-state index contributed by atoms with van der Waals surface area (Å²) in [5.74, 6) is 0.832. The lowest BCUT2D eigenvalue weighted by Gasteiger charge is -2.44. The van der Waals surface area contributed by atoms with Crippen molar-refractivity contribution in [1.82, 2.24) is 14.6 Å². The molecule has 1 atom stereocenters. The molecular weight excluding hydrogens is 294 g/mol. The number of hydrogen-bond donors (Lipinski definition) is 1. The summed E-state index contributed by atoms with van der Waals surface area (Å²) in [6, 6.07) is 6.60. The largest absolute Gasteiger partial charge is 0.352 e. The summed E-state index contributed by atoms with van der Waals surface area (Å²) in [5.41, 5.74) is 2.13. The van der Waals surface area contributed by atoms with Crippen molar-refractivity contribution in [2.24, 2.45) is 5.92 Å². The van der Waals surface area contributed by atoms with Gasteiger partial charge < -0.3 is 10.2 Å². The molecule has 4 heterocycles. The van der Waals surface area contributed by atoms with Crippen LogP contribution in [0, 0.1) is 12.8 Å². The van der Waals surface area contributed by atoms with E-state index in [1.165, 1.54) is 47.5 Å². The molecule has 3 aliphatic rings. The van der Waals surface area contributed by atoms with E-state index in [0.29, 0.717) is 18.4 Å². The molecule has 116 valence electrons. The zero-order valence-electron chi connectivity index (χ0n) is 12.8. The van der Waals surface area contributed by atoms with Gasteiger partial charge in [-0.15, -0.1) is 0 Å². The molecule has 3 aliphatic heterocycles. The number of piperidine rings is 3. The average molecular weight is 315 g/mol. The Hall–Kier alpha value is -1.46. The third kappa shape index (κ3) is 2.63. The molecule has 22 heavy (non-hydrogen) atoms. The first-order valence-corrected chi connectivity index (χ1v) is 8.83. The number of amides is 1. The molecule has 0 aliphatic carbocycles. The first-order chi connectivity index (χ1) is 10.7. The highest BCUT2D eigenvalue weighted by molar-refractivity contribution is 7.13. The zero-order valence-corrected chi connectivity index (χ0v) is 13.7. The number of aromatic nitrogens is 1. The highest BCUT2D eigenvalue weighted by Gasteiger charge is 2.34. The maximum atomic E-state index is 12.4. The quantitative estimate of drug-likeness (QED) is 0.946. The molecule has 3 saturated heterocycles. The summed E-state index contributed by atoms with van der Waals surface area (Å²) in [6.45, 7) is 5.47. The van der Waals surface area contributed by atoms with Gasteiger partial charge in [-0.2, -0.15) is 4.37 Å². The van der Waals surface area contributed by atoms with Gasteiger partial charge in [0.05, 0.1) is 16.8 Å². The minimum Gasteiger partial charge on any atom is -0.352 e. The van der Waals surface area contributed by atoms with Gasteiger partial charge in [0.2, 0.25) is 5.91 Å². The van der Waals surface area contributed by atoms with Crippen LogP contribution in [0.1, 0.15) is 24.1 Å². The van der Waals surface area contributed by atoms with Crippen LogP contribution in [0.4, 0.5) is 0 Å². The Balaban J connectivity index is 1.43. The lowest BCUT2D eigenvalue weighted by molar-refractivity contribution is -0.122. The molecule has 0 radical (unpaired) electrons. The highest BCUT2D eigenvalue weighted by Crippen LogP contribution is 2.28. The number of benzene rings is 1. The lowest BCUT2D eigenvalue weighted by Crippen LogP contribution is -2.57. The number of hydrogen-bond acceptors (Lipinski definition) is 4. The van der Waals surface area contributed by atoms with Crippen molar-refractivity contribution in [3.8, 4) is 0 Å². The van der Waals surface area contributed by atoms with E-state index in [-0.39, 0.29) is 5.91 Å². The second kappa shape index (κ2) is 5.63. The van der Waals surface area contributed by atoms with Crippen molar-refractivity contribution < 1.29 is 4.79 Å². The standard InChI is InChI=1S/C17H21N3OS/c1-11-14-8-12(2-3-16(14)22-19-11)9-17(21)18-15-10-20-6-4-13(15)5-7-20/h2-3,8,13,15H,4-7,9-10H2,1H3,(H,18,21)/t15-/m0/s1. The third-order valence-corrected chi connectivity index (χ3v) is 6.00. The van der Waals surface area contributed by atoms with Crippen molar-refractivity contribution in [3.05, 3.63) is 29.5 Å². The molecular formula is C17H21N3OS. The lowest BCUT2D eigenvalue weighted by atomic mass is 9.84. The molecule has 5 rings (SSSR count). The fourth-order valence-corrected chi connectivity index (χ4v) is 4.56. The maximum absolute atomic E-state index is 12.4. The fraction of sp³-hybridized carbons (Fsp3) is 0.529. The molecule has 1 aromatic heterocycles. The van der Waals surface area contributed by atoms with E-state index in [1.807, 2.05) is 6.92 Å². The van der Waals surface area contributed by atoms with Gasteiger partial charge in [-0.05, 0) is 68.0 Å². The number of carbonyl (C=O) groups is 1. The van der Waals surface area contributed by atoms with E-state index >= 15 is 0 Å². The maximum Gasteiger partial charge on any atom is 0.224 e. The molecule has 1 N–H and O–H groups in total. The molecule has 1 amide bonds. The monoisotopic (exact) mass is 315 g/mol. The summed E-state index contributed by atoms with van der Waals surface area (Å²) >= 11 is 1.52. The normalized spacial score (nSPS) is 27.2. The summed E-state index contributed by atoms with van der Waals surface area (Å²) in [4.78, 5) is 14.8. The van der Waals surface area contributed by atoms with Crippen molar-refractivity contribution >= 4 is 27.5 Å². The number of nitrogens with one attached hydrogen (secondary N) is 1. The number of aryl methyl sites for hydroxylation is 1. The van der Waals surface area contributed by atoms with E-state index in [1.54, 1.807) is 0 Å². The fourth-order valence-electron chi connectivity index (χ4n) is 3.79.